The minimum absolute atomic E-state index is 0.0753. The van der Waals surface area contributed by atoms with Crippen LogP contribution in [0.25, 0.3) is 0 Å². The van der Waals surface area contributed by atoms with Crippen molar-refractivity contribution in [2.75, 3.05) is 13.2 Å². The zero-order valence-electron chi connectivity index (χ0n) is 32.2. The van der Waals surface area contributed by atoms with Gasteiger partial charge in [0.15, 0.2) is 6.10 Å². The first-order chi connectivity index (χ1) is 24.1. The molecule has 0 aromatic rings. The smallest absolute Gasteiger partial charge is 0.306 e. The number of aliphatic hydroxyl groups excluding tert-OH is 1. The minimum Gasteiger partial charge on any atom is -0.462 e. The summed E-state index contributed by atoms with van der Waals surface area (Å²) in [5.41, 5.74) is 0. The highest BCUT2D eigenvalue weighted by molar-refractivity contribution is 5.70. The summed E-state index contributed by atoms with van der Waals surface area (Å²) in [5, 5.41) is 9.56. The van der Waals surface area contributed by atoms with E-state index in [2.05, 4.69) is 62.5 Å². The van der Waals surface area contributed by atoms with E-state index < -0.39 is 6.10 Å². The van der Waals surface area contributed by atoms with Gasteiger partial charge >= 0.3 is 11.9 Å². The van der Waals surface area contributed by atoms with Crippen LogP contribution in [-0.2, 0) is 19.1 Å². The predicted octanol–water partition coefficient (Wildman–Crippen LogP) is 13.0. The van der Waals surface area contributed by atoms with Crippen LogP contribution in [0, 0.1) is 0 Å². The Morgan fingerprint density at radius 2 is 0.837 bits per heavy atom. The molecule has 0 rings (SSSR count). The highest BCUT2D eigenvalue weighted by atomic mass is 16.6. The lowest BCUT2D eigenvalue weighted by Crippen LogP contribution is -2.28. The van der Waals surface area contributed by atoms with E-state index in [1.807, 2.05) is 0 Å². The number of allylic oxidation sites excluding steroid dienone is 8. The van der Waals surface area contributed by atoms with Crippen molar-refractivity contribution in [2.45, 2.75) is 206 Å². The molecule has 49 heavy (non-hydrogen) atoms. The summed E-state index contributed by atoms with van der Waals surface area (Å²) >= 11 is 0. The Morgan fingerprint density at radius 1 is 0.469 bits per heavy atom. The van der Waals surface area contributed by atoms with Gasteiger partial charge in [0.2, 0.25) is 0 Å². The van der Waals surface area contributed by atoms with Gasteiger partial charge in [0.1, 0.15) is 6.61 Å². The third kappa shape index (κ3) is 38.5. The fourth-order valence-corrected chi connectivity index (χ4v) is 5.66. The van der Waals surface area contributed by atoms with Crippen LogP contribution in [0.1, 0.15) is 200 Å². The molecule has 0 heterocycles. The van der Waals surface area contributed by atoms with Gasteiger partial charge in [-0.15, -0.1) is 0 Å². The summed E-state index contributed by atoms with van der Waals surface area (Å²) in [4.78, 5) is 24.3. The van der Waals surface area contributed by atoms with Crippen molar-refractivity contribution >= 4 is 11.9 Å². The van der Waals surface area contributed by atoms with E-state index >= 15 is 0 Å². The number of carbonyl (C=O) groups is 2. The lowest BCUT2D eigenvalue weighted by Gasteiger charge is -2.15. The molecule has 0 radical (unpaired) electrons. The topological polar surface area (TPSA) is 72.8 Å². The molecule has 0 saturated carbocycles. The number of hydrogen-bond acceptors (Lipinski definition) is 5. The Bertz CT molecular complexity index is 827. The number of unbranched alkanes of at least 4 members (excludes halogenated alkanes) is 21. The van der Waals surface area contributed by atoms with Crippen molar-refractivity contribution in [3.05, 3.63) is 48.6 Å². The van der Waals surface area contributed by atoms with Crippen LogP contribution in [0.5, 0.6) is 0 Å². The molecule has 5 nitrogen and oxygen atoms in total. The molecule has 5 heteroatoms. The van der Waals surface area contributed by atoms with Gasteiger partial charge in [-0.1, -0.05) is 165 Å². The number of hydrogen-bond donors (Lipinski definition) is 1. The Kier molecular flexibility index (Phi) is 38.5. The van der Waals surface area contributed by atoms with Gasteiger partial charge in [-0.2, -0.15) is 0 Å². The molecule has 1 unspecified atom stereocenters. The van der Waals surface area contributed by atoms with Gasteiger partial charge in [0.05, 0.1) is 6.61 Å². The van der Waals surface area contributed by atoms with Crippen LogP contribution in [0.15, 0.2) is 48.6 Å². The summed E-state index contributed by atoms with van der Waals surface area (Å²) in [6.07, 6.45) is 50.3. The molecular weight excluding hydrogens is 608 g/mol. The molecule has 0 bridgehead atoms. The Labute approximate surface area is 303 Å². The first-order valence-corrected chi connectivity index (χ1v) is 20.7. The maximum absolute atomic E-state index is 12.2. The zero-order chi connectivity index (χ0) is 35.7. The maximum atomic E-state index is 12.2. The van der Waals surface area contributed by atoms with E-state index in [0.29, 0.717) is 12.8 Å². The van der Waals surface area contributed by atoms with E-state index in [0.717, 1.165) is 57.8 Å². The maximum Gasteiger partial charge on any atom is 0.306 e. The molecule has 0 fully saturated rings. The van der Waals surface area contributed by atoms with Gasteiger partial charge < -0.3 is 14.6 Å². The number of ether oxygens (including phenoxy) is 2. The molecule has 1 atom stereocenters. The molecule has 0 saturated heterocycles. The molecule has 0 aromatic heterocycles. The number of carbonyl (C=O) groups excluding carboxylic acids is 2. The molecule has 0 spiro atoms. The summed E-state index contributed by atoms with van der Waals surface area (Å²) < 4.78 is 10.6. The van der Waals surface area contributed by atoms with Gasteiger partial charge in [0.25, 0.3) is 0 Å². The second kappa shape index (κ2) is 40.3. The Hall–Kier alpha value is -2.14. The Morgan fingerprint density at radius 3 is 1.27 bits per heavy atom. The van der Waals surface area contributed by atoms with E-state index in [1.54, 1.807) is 0 Å². The Balaban J connectivity index is 3.56. The van der Waals surface area contributed by atoms with Crippen molar-refractivity contribution < 1.29 is 24.2 Å². The van der Waals surface area contributed by atoms with Gasteiger partial charge in [-0.25, -0.2) is 0 Å². The van der Waals surface area contributed by atoms with Crippen LogP contribution in [0.4, 0.5) is 0 Å². The fraction of sp³-hybridized carbons (Fsp3) is 0.773. The lowest BCUT2D eigenvalue weighted by molar-refractivity contribution is -0.161. The third-order valence-electron chi connectivity index (χ3n) is 8.85. The molecular formula is C44H78O5. The quantitative estimate of drug-likeness (QED) is 0.0400. The monoisotopic (exact) mass is 687 g/mol. The van der Waals surface area contributed by atoms with Crippen LogP contribution in [0.3, 0.4) is 0 Å². The number of rotatable bonds is 37. The van der Waals surface area contributed by atoms with Crippen LogP contribution < -0.4 is 0 Å². The van der Waals surface area contributed by atoms with E-state index in [9.17, 15) is 14.7 Å². The minimum atomic E-state index is -0.779. The van der Waals surface area contributed by atoms with Crippen LogP contribution in [0.2, 0.25) is 0 Å². The molecule has 0 aliphatic carbocycles. The van der Waals surface area contributed by atoms with Gasteiger partial charge in [0, 0.05) is 12.8 Å². The first-order valence-electron chi connectivity index (χ1n) is 20.7. The normalized spacial score (nSPS) is 12.6. The summed E-state index contributed by atoms with van der Waals surface area (Å²) in [6, 6.07) is 0. The van der Waals surface area contributed by atoms with E-state index in [1.165, 1.54) is 116 Å². The second-order valence-corrected chi connectivity index (χ2v) is 13.7. The second-order valence-electron chi connectivity index (χ2n) is 13.7. The standard InChI is InChI=1S/C44H78O5/c1-3-5-7-9-11-13-15-17-19-20-21-22-23-24-25-27-29-31-33-35-37-39-44(47)49-42(40-45)41-48-43(46)38-36-34-32-30-28-26-18-16-14-12-10-8-6-4-2/h10,12,15-18,20-21,42,45H,3-9,11,13-14,19,22-41H2,1-2H3/b12-10-,17-15-,18-16-,21-20-. The largest absolute Gasteiger partial charge is 0.462 e. The van der Waals surface area contributed by atoms with Gasteiger partial charge in [-0.3, -0.25) is 9.59 Å². The predicted molar refractivity (Wildman–Crippen MR) is 210 cm³/mol. The lowest BCUT2D eigenvalue weighted by atomic mass is 10.1. The first kappa shape index (κ1) is 46.9. The van der Waals surface area contributed by atoms with Crippen molar-refractivity contribution in [3.63, 3.8) is 0 Å². The fourth-order valence-electron chi connectivity index (χ4n) is 5.66. The molecule has 0 aromatic carbocycles. The van der Waals surface area contributed by atoms with Crippen molar-refractivity contribution in [2.24, 2.45) is 0 Å². The number of esters is 2. The summed E-state index contributed by atoms with van der Waals surface area (Å²) in [6.45, 7) is 4.07. The highest BCUT2D eigenvalue weighted by Gasteiger charge is 2.16. The third-order valence-corrected chi connectivity index (χ3v) is 8.85. The van der Waals surface area contributed by atoms with Crippen molar-refractivity contribution in [1.82, 2.24) is 0 Å². The van der Waals surface area contributed by atoms with Crippen LogP contribution in [-0.4, -0.2) is 36.4 Å². The van der Waals surface area contributed by atoms with Crippen LogP contribution >= 0.6 is 0 Å². The van der Waals surface area contributed by atoms with Gasteiger partial charge in [-0.05, 0) is 70.6 Å². The summed E-state index contributed by atoms with van der Waals surface area (Å²) in [5.74, 6) is -0.612. The average molecular weight is 687 g/mol. The number of aliphatic hydroxyl groups is 1. The van der Waals surface area contributed by atoms with E-state index in [4.69, 9.17) is 9.47 Å². The van der Waals surface area contributed by atoms with Crippen molar-refractivity contribution in [1.29, 1.82) is 0 Å². The van der Waals surface area contributed by atoms with Crippen molar-refractivity contribution in [3.8, 4) is 0 Å². The summed E-state index contributed by atoms with van der Waals surface area (Å²) in [7, 11) is 0. The highest BCUT2D eigenvalue weighted by Crippen LogP contribution is 2.13. The average Bonchev–Trinajstić information content (AvgIpc) is 3.10. The molecule has 0 aliphatic rings. The molecule has 284 valence electrons. The SMILES string of the molecule is CCCC/C=C\C/C=C\CCCCCCCC(=O)OCC(CO)OC(=O)CCCCCCCCCCC/C=C\C/C=C\CCCCCCC. The zero-order valence-corrected chi connectivity index (χ0v) is 32.2. The van der Waals surface area contributed by atoms with E-state index in [-0.39, 0.29) is 25.2 Å². The molecule has 1 N–H and O–H groups in total. The molecule has 0 aliphatic heterocycles. The molecule has 0 amide bonds.